The van der Waals surface area contributed by atoms with Crippen molar-refractivity contribution in [1.29, 1.82) is 0 Å². The van der Waals surface area contributed by atoms with Crippen LogP contribution in [0.4, 0.5) is 0 Å². The van der Waals surface area contributed by atoms with E-state index in [2.05, 4.69) is 106 Å². The van der Waals surface area contributed by atoms with Gasteiger partial charge in [-0.05, 0) is 96.3 Å². The fraction of sp³-hybridized carbons (Fsp3) is 0.734. The Morgan fingerprint density at radius 2 is 0.557 bits per heavy atom. The lowest BCUT2D eigenvalue weighted by molar-refractivity contribution is -0.167. The molecule has 0 aliphatic rings. The second-order valence-corrected chi connectivity index (χ2v) is 19.5. The summed E-state index contributed by atoms with van der Waals surface area (Å²) in [4.78, 5) is 37.9. The number of hydrogen-bond acceptors (Lipinski definition) is 6. The summed E-state index contributed by atoms with van der Waals surface area (Å²) < 4.78 is 16.8. The Labute approximate surface area is 433 Å². The van der Waals surface area contributed by atoms with Gasteiger partial charge in [-0.15, -0.1) is 0 Å². The third-order valence-electron chi connectivity index (χ3n) is 12.6. The molecule has 1 unspecified atom stereocenters. The van der Waals surface area contributed by atoms with Gasteiger partial charge in [0.15, 0.2) is 6.10 Å². The highest BCUT2D eigenvalue weighted by atomic mass is 16.6. The highest BCUT2D eigenvalue weighted by Crippen LogP contribution is 2.15. The largest absolute Gasteiger partial charge is 0.462 e. The molecule has 0 bridgehead atoms. The standard InChI is InChI=1S/C64H110O6/c1-4-7-10-13-16-18-20-22-24-26-28-30-31-32-33-35-36-38-40-42-44-46-48-51-54-57-63(66)69-60-61(59-68-62(65)56-53-50-15-12-9-6-3)70-64(67)58-55-52-49-47-45-43-41-39-37-34-29-27-25-23-21-19-17-14-11-8-5-2/h7,10,16,18,21-24,27-30,32-33,61H,4-6,8-9,11-15,17,19-20,25-26,31,34-60H2,1-3H3/b10-7-,18-16-,23-21-,24-22-,29-27-,30-28-,33-32-. The fourth-order valence-corrected chi connectivity index (χ4v) is 8.21. The molecular weight excluding hydrogens is 865 g/mol. The van der Waals surface area contributed by atoms with Crippen LogP contribution in [0.2, 0.25) is 0 Å². The zero-order valence-electron chi connectivity index (χ0n) is 46.0. The van der Waals surface area contributed by atoms with Crippen LogP contribution in [-0.2, 0) is 28.6 Å². The van der Waals surface area contributed by atoms with E-state index in [1.165, 1.54) is 141 Å². The summed E-state index contributed by atoms with van der Waals surface area (Å²) in [5.41, 5.74) is 0. The first kappa shape index (κ1) is 66.6. The van der Waals surface area contributed by atoms with Crippen molar-refractivity contribution >= 4 is 17.9 Å². The lowest BCUT2D eigenvalue weighted by atomic mass is 10.1. The number of hydrogen-bond donors (Lipinski definition) is 0. The molecule has 0 spiro atoms. The number of esters is 3. The molecule has 0 saturated heterocycles. The van der Waals surface area contributed by atoms with Crippen molar-refractivity contribution in [3.63, 3.8) is 0 Å². The summed E-state index contributed by atoms with van der Waals surface area (Å²) >= 11 is 0. The number of allylic oxidation sites excluding steroid dienone is 14. The Morgan fingerprint density at radius 1 is 0.300 bits per heavy atom. The number of carbonyl (C=O) groups excluding carboxylic acids is 3. The molecule has 0 aromatic rings. The summed E-state index contributed by atoms with van der Waals surface area (Å²) in [6.45, 7) is 6.46. The molecule has 0 aliphatic heterocycles. The van der Waals surface area contributed by atoms with Crippen LogP contribution in [0.3, 0.4) is 0 Å². The number of unbranched alkanes of at least 4 members (excludes halogenated alkanes) is 28. The molecule has 0 aliphatic carbocycles. The summed E-state index contributed by atoms with van der Waals surface area (Å²) in [5, 5.41) is 0. The number of carbonyl (C=O) groups is 3. The molecule has 0 fully saturated rings. The average Bonchev–Trinajstić information content (AvgIpc) is 3.36. The maximum Gasteiger partial charge on any atom is 0.306 e. The van der Waals surface area contributed by atoms with Gasteiger partial charge in [-0.3, -0.25) is 14.4 Å². The minimum atomic E-state index is -0.778. The van der Waals surface area contributed by atoms with E-state index in [4.69, 9.17) is 14.2 Å². The minimum absolute atomic E-state index is 0.0794. The number of ether oxygens (including phenoxy) is 3. The van der Waals surface area contributed by atoms with Crippen molar-refractivity contribution in [2.75, 3.05) is 13.2 Å². The van der Waals surface area contributed by atoms with Crippen LogP contribution >= 0.6 is 0 Å². The first-order valence-corrected chi connectivity index (χ1v) is 29.6. The van der Waals surface area contributed by atoms with E-state index in [-0.39, 0.29) is 31.1 Å². The third kappa shape index (κ3) is 55.5. The van der Waals surface area contributed by atoms with Crippen LogP contribution < -0.4 is 0 Å². The minimum Gasteiger partial charge on any atom is -0.462 e. The smallest absolute Gasteiger partial charge is 0.306 e. The highest BCUT2D eigenvalue weighted by molar-refractivity contribution is 5.71. The highest BCUT2D eigenvalue weighted by Gasteiger charge is 2.19. The van der Waals surface area contributed by atoms with Crippen LogP contribution in [-0.4, -0.2) is 37.2 Å². The zero-order chi connectivity index (χ0) is 50.7. The first-order chi connectivity index (χ1) is 34.5. The normalized spacial score (nSPS) is 12.7. The van der Waals surface area contributed by atoms with Crippen molar-refractivity contribution < 1.29 is 28.6 Å². The zero-order valence-corrected chi connectivity index (χ0v) is 46.0. The maximum atomic E-state index is 12.8. The molecule has 0 radical (unpaired) electrons. The van der Waals surface area contributed by atoms with Gasteiger partial charge in [0.25, 0.3) is 0 Å². The predicted molar refractivity (Wildman–Crippen MR) is 302 cm³/mol. The molecule has 6 nitrogen and oxygen atoms in total. The van der Waals surface area contributed by atoms with Crippen LogP contribution in [0.5, 0.6) is 0 Å². The number of rotatable bonds is 53. The summed E-state index contributed by atoms with van der Waals surface area (Å²) in [7, 11) is 0. The third-order valence-corrected chi connectivity index (χ3v) is 12.6. The monoisotopic (exact) mass is 975 g/mol. The topological polar surface area (TPSA) is 78.9 Å². The van der Waals surface area contributed by atoms with E-state index in [0.29, 0.717) is 19.3 Å². The van der Waals surface area contributed by atoms with Gasteiger partial charge in [-0.25, -0.2) is 0 Å². The van der Waals surface area contributed by atoms with E-state index < -0.39 is 6.10 Å². The van der Waals surface area contributed by atoms with Gasteiger partial charge in [0, 0.05) is 19.3 Å². The van der Waals surface area contributed by atoms with Gasteiger partial charge in [-0.2, -0.15) is 0 Å². The molecule has 70 heavy (non-hydrogen) atoms. The van der Waals surface area contributed by atoms with E-state index in [1.807, 2.05) is 0 Å². The van der Waals surface area contributed by atoms with Crippen molar-refractivity contribution in [2.24, 2.45) is 0 Å². The SMILES string of the molecule is CC/C=C\C/C=C\C/C=C\C/C=C\C/C=C\CCCCCCCCCCCC(=O)OCC(COC(=O)CCCCCCCC)OC(=O)CCCCCCCCCCC/C=C\C/C=C\CCCCCCC. The first-order valence-electron chi connectivity index (χ1n) is 29.6. The Bertz CT molecular complexity index is 1350. The lowest BCUT2D eigenvalue weighted by Gasteiger charge is -2.18. The van der Waals surface area contributed by atoms with Crippen molar-refractivity contribution in [2.45, 2.75) is 290 Å². The molecular formula is C64H110O6. The molecule has 1 atom stereocenters. The van der Waals surface area contributed by atoms with Gasteiger partial charge in [0.2, 0.25) is 0 Å². The quantitative estimate of drug-likeness (QED) is 0.0261. The summed E-state index contributed by atoms with van der Waals surface area (Å²) in [6.07, 6.45) is 76.1. The van der Waals surface area contributed by atoms with Gasteiger partial charge < -0.3 is 14.2 Å². The summed E-state index contributed by atoms with van der Waals surface area (Å²) in [5.74, 6) is -0.893. The Morgan fingerprint density at radius 3 is 0.871 bits per heavy atom. The van der Waals surface area contributed by atoms with E-state index in [9.17, 15) is 14.4 Å². The van der Waals surface area contributed by atoms with E-state index in [0.717, 1.165) is 103 Å². The Balaban J connectivity index is 4.15. The molecule has 6 heteroatoms. The average molecular weight is 976 g/mol. The van der Waals surface area contributed by atoms with Crippen molar-refractivity contribution in [3.8, 4) is 0 Å². The van der Waals surface area contributed by atoms with Crippen molar-refractivity contribution in [3.05, 3.63) is 85.1 Å². The second-order valence-electron chi connectivity index (χ2n) is 19.5. The van der Waals surface area contributed by atoms with Crippen molar-refractivity contribution in [1.82, 2.24) is 0 Å². The molecule has 402 valence electrons. The van der Waals surface area contributed by atoms with Gasteiger partial charge in [0.1, 0.15) is 13.2 Å². The lowest BCUT2D eigenvalue weighted by Crippen LogP contribution is -2.30. The van der Waals surface area contributed by atoms with E-state index >= 15 is 0 Å². The van der Waals surface area contributed by atoms with Crippen LogP contribution in [0, 0.1) is 0 Å². The van der Waals surface area contributed by atoms with E-state index in [1.54, 1.807) is 0 Å². The Kier molecular flexibility index (Phi) is 55.3. The molecule has 0 heterocycles. The molecule has 0 rings (SSSR count). The van der Waals surface area contributed by atoms with Gasteiger partial charge in [0.05, 0.1) is 0 Å². The molecule has 0 N–H and O–H groups in total. The maximum absolute atomic E-state index is 12.8. The molecule has 0 amide bonds. The Hall–Kier alpha value is -3.41. The molecule has 0 aromatic heterocycles. The molecule has 0 aromatic carbocycles. The van der Waals surface area contributed by atoms with Crippen LogP contribution in [0.1, 0.15) is 284 Å². The van der Waals surface area contributed by atoms with Gasteiger partial charge >= 0.3 is 17.9 Å². The fourth-order valence-electron chi connectivity index (χ4n) is 8.21. The summed E-state index contributed by atoms with van der Waals surface area (Å²) in [6, 6.07) is 0. The van der Waals surface area contributed by atoms with Crippen LogP contribution in [0.15, 0.2) is 85.1 Å². The predicted octanol–water partition coefficient (Wildman–Crippen LogP) is 19.9. The van der Waals surface area contributed by atoms with Gasteiger partial charge in [-0.1, -0.05) is 254 Å². The molecule has 0 saturated carbocycles. The van der Waals surface area contributed by atoms with Crippen LogP contribution in [0.25, 0.3) is 0 Å². The second kappa shape index (κ2) is 58.2.